The number of amides is 2. The van der Waals surface area contributed by atoms with E-state index in [0.717, 1.165) is 0 Å². The standard InChI is InChI=1S/C12H24N2O4/c1-8(2)5-14(6-9(3)4)12(18)13-10(7-15)11(16)17/h8-10,15H,5-7H2,1-4H3,(H,13,18)(H,16,17). The number of rotatable bonds is 7. The van der Waals surface area contributed by atoms with E-state index in [-0.39, 0.29) is 0 Å². The van der Waals surface area contributed by atoms with Gasteiger partial charge in [0, 0.05) is 13.1 Å². The second-order valence-corrected chi connectivity index (χ2v) is 5.22. The molecule has 0 rings (SSSR count). The fourth-order valence-electron chi connectivity index (χ4n) is 1.55. The number of carbonyl (C=O) groups excluding carboxylic acids is 1. The van der Waals surface area contributed by atoms with Gasteiger partial charge in [-0.3, -0.25) is 0 Å². The molecule has 0 aliphatic rings. The van der Waals surface area contributed by atoms with Crippen molar-refractivity contribution in [2.45, 2.75) is 33.7 Å². The van der Waals surface area contributed by atoms with Crippen molar-refractivity contribution < 1.29 is 19.8 Å². The number of aliphatic hydroxyl groups excluding tert-OH is 1. The second kappa shape index (κ2) is 7.92. The van der Waals surface area contributed by atoms with Crippen LogP contribution in [0.2, 0.25) is 0 Å². The van der Waals surface area contributed by atoms with E-state index in [1.54, 1.807) is 4.90 Å². The molecule has 0 aromatic rings. The molecule has 0 saturated heterocycles. The minimum Gasteiger partial charge on any atom is -0.480 e. The zero-order valence-corrected chi connectivity index (χ0v) is 11.5. The molecular weight excluding hydrogens is 236 g/mol. The summed E-state index contributed by atoms with van der Waals surface area (Å²) in [4.78, 5) is 24.3. The van der Waals surface area contributed by atoms with Crippen LogP contribution in [0, 0.1) is 11.8 Å². The first-order valence-corrected chi connectivity index (χ1v) is 6.17. The Kier molecular flexibility index (Phi) is 7.35. The molecule has 2 amide bonds. The summed E-state index contributed by atoms with van der Waals surface area (Å²) in [6.45, 7) is 8.45. The van der Waals surface area contributed by atoms with Gasteiger partial charge in [-0.2, -0.15) is 0 Å². The topological polar surface area (TPSA) is 89.9 Å². The molecule has 0 spiro atoms. The number of hydrogen-bond donors (Lipinski definition) is 3. The van der Waals surface area contributed by atoms with Gasteiger partial charge in [0.2, 0.25) is 0 Å². The van der Waals surface area contributed by atoms with E-state index < -0.39 is 24.6 Å². The second-order valence-electron chi connectivity index (χ2n) is 5.22. The molecule has 6 nitrogen and oxygen atoms in total. The van der Waals surface area contributed by atoms with Crippen molar-refractivity contribution in [3.8, 4) is 0 Å². The van der Waals surface area contributed by atoms with E-state index in [9.17, 15) is 9.59 Å². The van der Waals surface area contributed by atoms with Crippen LogP contribution < -0.4 is 5.32 Å². The van der Waals surface area contributed by atoms with Crippen LogP contribution >= 0.6 is 0 Å². The van der Waals surface area contributed by atoms with Gasteiger partial charge in [0.05, 0.1) is 6.61 Å². The molecule has 0 aromatic carbocycles. The third-order valence-electron chi connectivity index (χ3n) is 2.24. The number of urea groups is 1. The lowest BCUT2D eigenvalue weighted by Crippen LogP contribution is -2.51. The number of carboxylic acids is 1. The van der Waals surface area contributed by atoms with Gasteiger partial charge in [0.15, 0.2) is 6.04 Å². The van der Waals surface area contributed by atoms with Gasteiger partial charge in [0.1, 0.15) is 0 Å². The minimum absolute atomic E-state index is 0.298. The number of carboxylic acid groups (broad SMARTS) is 1. The first-order valence-electron chi connectivity index (χ1n) is 6.17. The van der Waals surface area contributed by atoms with Crippen LogP contribution in [0.4, 0.5) is 4.79 Å². The molecular formula is C12H24N2O4. The van der Waals surface area contributed by atoms with Gasteiger partial charge < -0.3 is 20.4 Å². The molecule has 0 bridgehead atoms. The quantitative estimate of drug-likeness (QED) is 0.630. The SMILES string of the molecule is CC(C)CN(CC(C)C)C(=O)NC(CO)C(=O)O. The molecule has 6 heteroatoms. The van der Waals surface area contributed by atoms with Gasteiger partial charge >= 0.3 is 12.0 Å². The molecule has 0 aliphatic heterocycles. The molecule has 3 N–H and O–H groups in total. The van der Waals surface area contributed by atoms with Crippen molar-refractivity contribution in [2.24, 2.45) is 11.8 Å². The summed E-state index contributed by atoms with van der Waals surface area (Å²) < 4.78 is 0. The Bertz CT molecular complexity index is 269. The lowest BCUT2D eigenvalue weighted by Gasteiger charge is -2.27. The molecule has 0 radical (unpaired) electrons. The van der Waals surface area contributed by atoms with Crippen molar-refractivity contribution in [1.82, 2.24) is 10.2 Å². The van der Waals surface area contributed by atoms with Crippen LogP contribution in [0.25, 0.3) is 0 Å². The predicted octanol–water partition coefficient (Wildman–Crippen LogP) is 0.755. The zero-order valence-electron chi connectivity index (χ0n) is 11.5. The molecule has 1 unspecified atom stereocenters. The Morgan fingerprint density at radius 3 is 1.83 bits per heavy atom. The lowest BCUT2D eigenvalue weighted by molar-refractivity contribution is -0.140. The molecule has 0 aromatic heterocycles. The molecule has 0 saturated carbocycles. The Hall–Kier alpha value is -1.30. The fraction of sp³-hybridized carbons (Fsp3) is 0.833. The highest BCUT2D eigenvalue weighted by Crippen LogP contribution is 2.04. The van der Waals surface area contributed by atoms with Crippen molar-refractivity contribution in [1.29, 1.82) is 0 Å². The number of aliphatic carboxylic acids is 1. The smallest absolute Gasteiger partial charge is 0.328 e. The van der Waals surface area contributed by atoms with E-state index in [1.807, 2.05) is 27.7 Å². The van der Waals surface area contributed by atoms with Crippen molar-refractivity contribution >= 4 is 12.0 Å². The fourth-order valence-corrected chi connectivity index (χ4v) is 1.55. The average molecular weight is 260 g/mol. The highest BCUT2D eigenvalue weighted by Gasteiger charge is 2.23. The summed E-state index contributed by atoms with van der Waals surface area (Å²) in [7, 11) is 0. The van der Waals surface area contributed by atoms with Crippen LogP contribution in [-0.2, 0) is 4.79 Å². The summed E-state index contributed by atoms with van der Waals surface area (Å²) in [5.41, 5.74) is 0. The highest BCUT2D eigenvalue weighted by atomic mass is 16.4. The summed E-state index contributed by atoms with van der Waals surface area (Å²) in [6.07, 6.45) is 0. The van der Waals surface area contributed by atoms with Crippen LogP contribution in [-0.4, -0.2) is 52.9 Å². The van der Waals surface area contributed by atoms with Crippen LogP contribution in [0.5, 0.6) is 0 Å². The van der Waals surface area contributed by atoms with E-state index in [4.69, 9.17) is 10.2 Å². The molecule has 18 heavy (non-hydrogen) atoms. The van der Waals surface area contributed by atoms with E-state index in [1.165, 1.54) is 0 Å². The number of aliphatic hydroxyl groups is 1. The largest absolute Gasteiger partial charge is 0.480 e. The Balaban J connectivity index is 4.58. The van der Waals surface area contributed by atoms with Gasteiger partial charge in [-0.25, -0.2) is 9.59 Å². The van der Waals surface area contributed by atoms with Crippen molar-refractivity contribution in [3.05, 3.63) is 0 Å². The third-order valence-corrected chi connectivity index (χ3v) is 2.24. The number of hydrogen-bond acceptors (Lipinski definition) is 3. The zero-order chi connectivity index (χ0) is 14.3. The van der Waals surface area contributed by atoms with E-state index in [2.05, 4.69) is 5.32 Å². The first kappa shape index (κ1) is 16.7. The van der Waals surface area contributed by atoms with Crippen LogP contribution in [0.1, 0.15) is 27.7 Å². The van der Waals surface area contributed by atoms with Gasteiger partial charge in [0.25, 0.3) is 0 Å². The maximum atomic E-state index is 11.9. The minimum atomic E-state index is -1.25. The predicted molar refractivity (Wildman–Crippen MR) is 68.3 cm³/mol. The van der Waals surface area contributed by atoms with Gasteiger partial charge in [-0.05, 0) is 11.8 Å². The summed E-state index contributed by atoms with van der Waals surface area (Å²) in [5, 5.41) is 20.0. The molecule has 1 atom stereocenters. The third kappa shape index (κ3) is 6.44. The van der Waals surface area contributed by atoms with Gasteiger partial charge in [-0.15, -0.1) is 0 Å². The Labute approximate surface area is 108 Å². The Morgan fingerprint density at radius 2 is 1.56 bits per heavy atom. The molecule has 0 aliphatic carbocycles. The summed E-state index contributed by atoms with van der Waals surface area (Å²) >= 11 is 0. The number of carbonyl (C=O) groups is 2. The lowest BCUT2D eigenvalue weighted by atomic mass is 10.1. The normalized spacial score (nSPS) is 12.6. The van der Waals surface area contributed by atoms with Crippen LogP contribution in [0.3, 0.4) is 0 Å². The van der Waals surface area contributed by atoms with Crippen LogP contribution in [0.15, 0.2) is 0 Å². The number of nitrogens with one attached hydrogen (secondary N) is 1. The van der Waals surface area contributed by atoms with Gasteiger partial charge in [-0.1, -0.05) is 27.7 Å². The monoisotopic (exact) mass is 260 g/mol. The van der Waals surface area contributed by atoms with Crippen molar-refractivity contribution in [3.63, 3.8) is 0 Å². The number of nitrogens with zero attached hydrogens (tertiary/aromatic N) is 1. The maximum Gasteiger partial charge on any atom is 0.328 e. The summed E-state index contributed by atoms with van der Waals surface area (Å²) in [6, 6.07) is -1.70. The first-order chi connectivity index (χ1) is 8.27. The molecule has 106 valence electrons. The van der Waals surface area contributed by atoms with E-state index in [0.29, 0.717) is 24.9 Å². The average Bonchev–Trinajstić information content (AvgIpc) is 2.22. The highest BCUT2D eigenvalue weighted by molar-refractivity contribution is 5.82. The van der Waals surface area contributed by atoms with Crippen molar-refractivity contribution in [2.75, 3.05) is 19.7 Å². The Morgan fingerprint density at radius 1 is 1.11 bits per heavy atom. The molecule has 0 fully saturated rings. The molecule has 0 heterocycles. The summed E-state index contributed by atoms with van der Waals surface area (Å²) in [5.74, 6) is -0.640. The maximum absolute atomic E-state index is 11.9. The van der Waals surface area contributed by atoms with E-state index >= 15 is 0 Å².